The number of para-hydroxylation sites is 1. The van der Waals surface area contributed by atoms with Gasteiger partial charge in [-0.15, -0.1) is 0 Å². The van der Waals surface area contributed by atoms with Crippen LogP contribution in [-0.4, -0.2) is 6.54 Å². The van der Waals surface area contributed by atoms with Crippen LogP contribution in [0.5, 0.6) is 0 Å². The molecule has 0 fully saturated rings. The number of rotatable bonds is 4. The van der Waals surface area contributed by atoms with Gasteiger partial charge in [-0.25, -0.2) is 4.39 Å². The van der Waals surface area contributed by atoms with Crippen LogP contribution in [-0.2, 0) is 6.54 Å². The van der Waals surface area contributed by atoms with E-state index in [1.165, 1.54) is 6.07 Å². The normalized spacial score (nSPS) is 11.1. The van der Waals surface area contributed by atoms with E-state index < -0.39 is 0 Å². The average molecular weight is 269 g/mol. The van der Waals surface area contributed by atoms with Gasteiger partial charge in [-0.2, -0.15) is 0 Å². The maximum Gasteiger partial charge on any atom is 0.138 e. The topological polar surface area (TPSA) is 25.2 Å². The van der Waals surface area contributed by atoms with Crippen molar-refractivity contribution in [2.75, 3.05) is 6.54 Å². The summed E-state index contributed by atoms with van der Waals surface area (Å²) in [5, 5.41) is 4.22. The minimum atomic E-state index is -0.260. The summed E-state index contributed by atoms with van der Waals surface area (Å²) in [4.78, 5) is 0. The molecule has 0 bridgehead atoms. The first-order valence-corrected chi connectivity index (χ1v) is 6.76. The molecule has 0 saturated heterocycles. The van der Waals surface area contributed by atoms with Gasteiger partial charge in [0, 0.05) is 11.9 Å². The second-order valence-corrected chi connectivity index (χ2v) is 4.74. The molecule has 0 atom stereocenters. The van der Waals surface area contributed by atoms with E-state index in [0.717, 1.165) is 29.6 Å². The Bertz CT molecular complexity index is 700. The quantitative estimate of drug-likeness (QED) is 0.761. The Hall–Kier alpha value is -2.13. The Morgan fingerprint density at radius 2 is 1.95 bits per heavy atom. The molecule has 0 aliphatic heterocycles. The fourth-order valence-corrected chi connectivity index (χ4v) is 2.26. The van der Waals surface area contributed by atoms with Crippen LogP contribution in [0.25, 0.3) is 22.3 Å². The average Bonchev–Trinajstić information content (AvgIpc) is 2.90. The molecule has 0 saturated carbocycles. The van der Waals surface area contributed by atoms with Crippen molar-refractivity contribution < 1.29 is 8.81 Å². The Balaban J connectivity index is 2.03. The molecule has 0 radical (unpaired) electrons. The van der Waals surface area contributed by atoms with Crippen molar-refractivity contribution >= 4 is 11.0 Å². The summed E-state index contributed by atoms with van der Waals surface area (Å²) in [6, 6.07) is 14.7. The van der Waals surface area contributed by atoms with Crippen LogP contribution >= 0.6 is 0 Å². The summed E-state index contributed by atoms with van der Waals surface area (Å²) in [5.41, 5.74) is 2.33. The first-order chi connectivity index (χ1) is 9.78. The molecule has 2 nitrogen and oxygen atoms in total. The van der Waals surface area contributed by atoms with Gasteiger partial charge < -0.3 is 9.73 Å². The summed E-state index contributed by atoms with van der Waals surface area (Å²) in [7, 11) is 0. The molecular formula is C17H16FNO. The lowest BCUT2D eigenvalue weighted by Crippen LogP contribution is -2.11. The lowest BCUT2D eigenvalue weighted by atomic mass is 10.1. The minimum absolute atomic E-state index is 0.260. The van der Waals surface area contributed by atoms with Gasteiger partial charge in [0.1, 0.15) is 17.2 Å². The third-order valence-corrected chi connectivity index (χ3v) is 3.30. The molecule has 3 heteroatoms. The van der Waals surface area contributed by atoms with Gasteiger partial charge in [-0.1, -0.05) is 31.2 Å². The second-order valence-electron chi connectivity index (χ2n) is 4.74. The van der Waals surface area contributed by atoms with Gasteiger partial charge >= 0.3 is 0 Å². The zero-order chi connectivity index (χ0) is 13.9. The van der Waals surface area contributed by atoms with Crippen molar-refractivity contribution in [2.45, 2.75) is 13.5 Å². The smallest absolute Gasteiger partial charge is 0.138 e. The van der Waals surface area contributed by atoms with Crippen molar-refractivity contribution in [3.8, 4) is 11.3 Å². The number of hydrogen-bond acceptors (Lipinski definition) is 2. The Kier molecular flexibility index (Phi) is 3.52. The molecular weight excluding hydrogens is 253 g/mol. The molecule has 3 rings (SSSR count). The number of halogens is 1. The molecule has 0 aliphatic rings. The standard InChI is InChI=1S/C17H16FNO/c1-2-19-11-12-7-8-15(18)14(9-12)17-10-13-5-3-4-6-16(13)20-17/h3-10,19H,2,11H2,1H3. The van der Waals surface area contributed by atoms with E-state index >= 15 is 0 Å². The van der Waals surface area contributed by atoms with E-state index in [9.17, 15) is 4.39 Å². The molecule has 20 heavy (non-hydrogen) atoms. The Labute approximate surface area is 117 Å². The molecule has 1 aromatic heterocycles. The molecule has 102 valence electrons. The molecule has 0 amide bonds. The highest BCUT2D eigenvalue weighted by molar-refractivity contribution is 5.82. The van der Waals surface area contributed by atoms with Gasteiger partial charge in [-0.3, -0.25) is 0 Å². The molecule has 0 unspecified atom stereocenters. The van der Waals surface area contributed by atoms with Crippen LogP contribution in [0.4, 0.5) is 4.39 Å². The van der Waals surface area contributed by atoms with E-state index in [1.807, 2.05) is 43.3 Å². The number of fused-ring (bicyclic) bond motifs is 1. The Morgan fingerprint density at radius 1 is 1.10 bits per heavy atom. The van der Waals surface area contributed by atoms with E-state index in [0.29, 0.717) is 11.3 Å². The summed E-state index contributed by atoms with van der Waals surface area (Å²) < 4.78 is 19.8. The van der Waals surface area contributed by atoms with E-state index in [1.54, 1.807) is 6.07 Å². The number of benzene rings is 2. The predicted molar refractivity (Wildman–Crippen MR) is 79.0 cm³/mol. The molecule has 3 aromatic rings. The first kappa shape index (κ1) is 12.9. The lowest BCUT2D eigenvalue weighted by molar-refractivity contribution is 0.600. The Morgan fingerprint density at radius 3 is 2.75 bits per heavy atom. The van der Waals surface area contributed by atoms with Gasteiger partial charge in [0.25, 0.3) is 0 Å². The van der Waals surface area contributed by atoms with Crippen molar-refractivity contribution in [3.63, 3.8) is 0 Å². The highest BCUT2D eigenvalue weighted by atomic mass is 19.1. The highest BCUT2D eigenvalue weighted by Crippen LogP contribution is 2.30. The van der Waals surface area contributed by atoms with Gasteiger partial charge in [0.15, 0.2) is 0 Å². The van der Waals surface area contributed by atoms with Crippen LogP contribution in [0.2, 0.25) is 0 Å². The second kappa shape index (κ2) is 5.47. The van der Waals surface area contributed by atoms with Gasteiger partial charge in [-0.05, 0) is 36.4 Å². The van der Waals surface area contributed by atoms with Crippen LogP contribution in [0.15, 0.2) is 52.9 Å². The van der Waals surface area contributed by atoms with E-state index in [4.69, 9.17) is 4.42 Å². The zero-order valence-electron chi connectivity index (χ0n) is 11.3. The number of hydrogen-bond donors (Lipinski definition) is 1. The van der Waals surface area contributed by atoms with E-state index in [2.05, 4.69) is 5.32 Å². The van der Waals surface area contributed by atoms with Crippen LogP contribution in [0, 0.1) is 5.82 Å². The number of furan rings is 1. The van der Waals surface area contributed by atoms with Crippen molar-refractivity contribution in [1.29, 1.82) is 0 Å². The van der Waals surface area contributed by atoms with Gasteiger partial charge in [0.2, 0.25) is 0 Å². The third kappa shape index (κ3) is 2.45. The summed E-state index contributed by atoms with van der Waals surface area (Å²) >= 11 is 0. The summed E-state index contributed by atoms with van der Waals surface area (Å²) in [6.45, 7) is 3.66. The van der Waals surface area contributed by atoms with Crippen LogP contribution in [0.1, 0.15) is 12.5 Å². The van der Waals surface area contributed by atoms with Crippen LogP contribution < -0.4 is 5.32 Å². The first-order valence-electron chi connectivity index (χ1n) is 6.76. The largest absolute Gasteiger partial charge is 0.456 e. The zero-order valence-corrected chi connectivity index (χ0v) is 11.3. The predicted octanol–water partition coefficient (Wildman–Crippen LogP) is 4.35. The van der Waals surface area contributed by atoms with Gasteiger partial charge in [0.05, 0.1) is 5.56 Å². The SMILES string of the molecule is CCNCc1ccc(F)c(-c2cc3ccccc3o2)c1. The maximum atomic E-state index is 14.0. The van der Waals surface area contributed by atoms with Crippen molar-refractivity contribution in [1.82, 2.24) is 5.32 Å². The lowest BCUT2D eigenvalue weighted by Gasteiger charge is -2.05. The summed E-state index contributed by atoms with van der Waals surface area (Å²) in [6.07, 6.45) is 0. The monoisotopic (exact) mass is 269 g/mol. The molecule has 0 aliphatic carbocycles. The fourth-order valence-electron chi connectivity index (χ4n) is 2.26. The van der Waals surface area contributed by atoms with Crippen molar-refractivity contribution in [3.05, 3.63) is 59.9 Å². The van der Waals surface area contributed by atoms with Crippen molar-refractivity contribution in [2.24, 2.45) is 0 Å². The fraction of sp³-hybridized carbons (Fsp3) is 0.176. The molecule has 1 N–H and O–H groups in total. The van der Waals surface area contributed by atoms with Crippen LogP contribution in [0.3, 0.4) is 0 Å². The number of nitrogens with one attached hydrogen (secondary N) is 1. The maximum absolute atomic E-state index is 14.0. The van der Waals surface area contributed by atoms with E-state index in [-0.39, 0.29) is 5.82 Å². The highest BCUT2D eigenvalue weighted by Gasteiger charge is 2.11. The molecule has 2 aromatic carbocycles. The third-order valence-electron chi connectivity index (χ3n) is 3.30. The summed E-state index contributed by atoms with van der Waals surface area (Å²) in [5.74, 6) is 0.311. The minimum Gasteiger partial charge on any atom is -0.456 e. The molecule has 1 heterocycles. The molecule has 0 spiro atoms.